The molecule has 2 rings (SSSR count). The van der Waals surface area contributed by atoms with Gasteiger partial charge in [0.25, 0.3) is 0 Å². The molecule has 0 N–H and O–H groups in total. The highest BCUT2D eigenvalue weighted by Crippen LogP contribution is 2.25. The van der Waals surface area contributed by atoms with Gasteiger partial charge in [-0.3, -0.25) is 0 Å². The van der Waals surface area contributed by atoms with Crippen LogP contribution in [0, 0.1) is 5.92 Å². The highest BCUT2D eigenvalue weighted by Gasteiger charge is 2.13. The zero-order chi connectivity index (χ0) is 11.4. The summed E-state index contributed by atoms with van der Waals surface area (Å²) in [7, 11) is 0. The molecule has 0 spiro atoms. The third-order valence-corrected chi connectivity index (χ3v) is 3.40. The van der Waals surface area contributed by atoms with E-state index in [2.05, 4.69) is 15.9 Å². The third-order valence-electron chi connectivity index (χ3n) is 2.94. The van der Waals surface area contributed by atoms with Gasteiger partial charge < -0.3 is 4.74 Å². The van der Waals surface area contributed by atoms with E-state index in [0.717, 1.165) is 16.8 Å². The minimum absolute atomic E-state index is 0.494. The fraction of sp³-hybridized carbons (Fsp3) is 0.538. The zero-order valence-electron chi connectivity index (χ0n) is 9.84. The summed E-state index contributed by atoms with van der Waals surface area (Å²) in [5, 5.41) is 0. The normalized spacial score (nSPS) is 18.6. The first kappa shape index (κ1) is 9.71. The molecule has 0 unspecified atom stereocenters. The molecule has 0 amide bonds. The molecular formula is C13H17BrO. The van der Waals surface area contributed by atoms with Gasteiger partial charge in [-0.2, -0.15) is 0 Å². The number of rotatable bonds is 3. The Labute approximate surface area is 101 Å². The van der Waals surface area contributed by atoms with E-state index in [0.29, 0.717) is 12.0 Å². The van der Waals surface area contributed by atoms with E-state index in [1.165, 1.54) is 32.1 Å². The summed E-state index contributed by atoms with van der Waals surface area (Å²) in [5.74, 6) is 1.52. The minimum atomic E-state index is 0.494. The lowest BCUT2D eigenvalue weighted by molar-refractivity contribution is 0.209. The predicted octanol–water partition coefficient (Wildman–Crippen LogP) is 4.41. The monoisotopic (exact) mass is 269 g/mol. The summed E-state index contributed by atoms with van der Waals surface area (Å²) < 4.78 is 14.3. The fourth-order valence-electron chi connectivity index (χ4n) is 2.07. The molecule has 1 saturated carbocycles. The van der Waals surface area contributed by atoms with Gasteiger partial charge in [0.2, 0.25) is 0 Å². The second-order valence-electron chi connectivity index (χ2n) is 4.20. The Bertz CT molecular complexity index is 328. The molecule has 0 radical (unpaired) electrons. The van der Waals surface area contributed by atoms with Crippen LogP contribution in [0.5, 0.6) is 5.75 Å². The first-order chi connectivity index (χ1) is 7.74. The van der Waals surface area contributed by atoms with E-state index >= 15 is 0 Å². The quantitative estimate of drug-likeness (QED) is 0.790. The molecular weight excluding hydrogens is 252 g/mol. The lowest BCUT2D eigenvalue weighted by Crippen LogP contribution is -2.15. The van der Waals surface area contributed by atoms with Crippen molar-refractivity contribution < 1.29 is 6.11 Å². The fourth-order valence-corrected chi connectivity index (χ4v) is 2.43. The van der Waals surface area contributed by atoms with Gasteiger partial charge in [-0.05, 0) is 37.0 Å². The average Bonchev–Trinajstić information content (AvgIpc) is 2.27. The van der Waals surface area contributed by atoms with Gasteiger partial charge >= 0.3 is 0 Å². The predicted molar refractivity (Wildman–Crippen MR) is 66.2 cm³/mol. The molecule has 1 aromatic carbocycles. The van der Waals surface area contributed by atoms with Crippen molar-refractivity contribution in [3.63, 3.8) is 0 Å². The Kier molecular flexibility index (Phi) is 3.59. The van der Waals surface area contributed by atoms with Crippen molar-refractivity contribution in [1.82, 2.24) is 0 Å². The molecule has 0 heterocycles. The van der Waals surface area contributed by atoms with Crippen LogP contribution in [-0.4, -0.2) is 6.61 Å². The van der Waals surface area contributed by atoms with Gasteiger partial charge in [0.05, 0.1) is 7.98 Å². The van der Waals surface area contributed by atoms with Gasteiger partial charge in [0, 0.05) is 4.47 Å². The number of hydrogen-bond acceptors (Lipinski definition) is 1. The molecule has 1 aliphatic rings. The summed E-state index contributed by atoms with van der Waals surface area (Å²) in [6.07, 6.45) is 6.65. The number of hydrogen-bond donors (Lipinski definition) is 0. The van der Waals surface area contributed by atoms with Crippen molar-refractivity contribution in [2.24, 2.45) is 5.92 Å². The summed E-state index contributed by atoms with van der Waals surface area (Å²) in [5.41, 5.74) is 0. The number of benzene rings is 1. The molecule has 0 aliphatic heterocycles. The van der Waals surface area contributed by atoms with Crippen molar-refractivity contribution in [2.75, 3.05) is 6.61 Å². The highest BCUT2D eigenvalue weighted by atomic mass is 79.9. The molecule has 0 bridgehead atoms. The van der Waals surface area contributed by atoms with Gasteiger partial charge in [-0.25, -0.2) is 0 Å². The largest absolute Gasteiger partial charge is 0.493 e. The molecule has 0 aromatic heterocycles. The van der Waals surface area contributed by atoms with Crippen LogP contribution in [0.25, 0.3) is 0 Å². The summed E-state index contributed by atoms with van der Waals surface area (Å²) in [6.45, 7) is 0.801. The first-order valence-corrected chi connectivity index (χ1v) is 6.43. The molecule has 1 aliphatic carbocycles. The SMILES string of the molecule is [2H]c1cc(Br)cc(OCC2CCCCC2)c1. The lowest BCUT2D eigenvalue weighted by atomic mass is 9.90. The highest BCUT2D eigenvalue weighted by molar-refractivity contribution is 9.10. The maximum atomic E-state index is 7.59. The molecule has 1 fully saturated rings. The molecule has 82 valence electrons. The van der Waals surface area contributed by atoms with Gasteiger partial charge in [-0.15, -0.1) is 0 Å². The van der Waals surface area contributed by atoms with Crippen LogP contribution >= 0.6 is 15.9 Å². The Morgan fingerprint density at radius 3 is 2.87 bits per heavy atom. The minimum Gasteiger partial charge on any atom is -0.493 e. The summed E-state index contributed by atoms with van der Waals surface area (Å²) in [6, 6.07) is 5.97. The molecule has 2 heteroatoms. The van der Waals surface area contributed by atoms with Crippen molar-refractivity contribution in [3.05, 3.63) is 28.7 Å². The summed E-state index contributed by atoms with van der Waals surface area (Å²) in [4.78, 5) is 0. The first-order valence-electron chi connectivity index (χ1n) is 6.14. The van der Waals surface area contributed by atoms with Crippen molar-refractivity contribution in [3.8, 4) is 5.75 Å². The van der Waals surface area contributed by atoms with Crippen LogP contribution in [0.15, 0.2) is 28.7 Å². The average molecular weight is 270 g/mol. The number of halogens is 1. The maximum absolute atomic E-state index is 7.59. The van der Waals surface area contributed by atoms with E-state index in [9.17, 15) is 0 Å². The van der Waals surface area contributed by atoms with Crippen LogP contribution in [0.2, 0.25) is 0 Å². The third kappa shape index (κ3) is 3.53. The second kappa shape index (κ2) is 5.55. The van der Waals surface area contributed by atoms with Crippen LogP contribution in [0.3, 0.4) is 0 Å². The van der Waals surface area contributed by atoms with Crippen LogP contribution < -0.4 is 4.74 Å². The molecule has 0 saturated heterocycles. The Morgan fingerprint density at radius 1 is 1.33 bits per heavy atom. The van der Waals surface area contributed by atoms with E-state index in [-0.39, 0.29) is 0 Å². The standard InChI is InChI=1S/C13H17BrO/c14-12-7-4-8-13(9-12)15-10-11-5-2-1-3-6-11/h4,7-9,11H,1-3,5-6,10H2/i4D. The lowest BCUT2D eigenvalue weighted by Gasteiger charge is -2.21. The zero-order valence-corrected chi connectivity index (χ0v) is 10.4. The van der Waals surface area contributed by atoms with Crippen molar-refractivity contribution >= 4 is 15.9 Å². The van der Waals surface area contributed by atoms with Gasteiger partial charge in [-0.1, -0.05) is 41.2 Å². The smallest absolute Gasteiger partial charge is 0.120 e. The Hall–Kier alpha value is -0.500. The molecule has 15 heavy (non-hydrogen) atoms. The maximum Gasteiger partial charge on any atom is 0.120 e. The summed E-state index contributed by atoms with van der Waals surface area (Å²) >= 11 is 3.38. The molecule has 1 aromatic rings. The van der Waals surface area contributed by atoms with E-state index < -0.39 is 0 Å². The van der Waals surface area contributed by atoms with Gasteiger partial charge in [0.15, 0.2) is 0 Å². The topological polar surface area (TPSA) is 9.23 Å². The van der Waals surface area contributed by atoms with Gasteiger partial charge in [0.1, 0.15) is 5.75 Å². The Morgan fingerprint density at radius 2 is 2.13 bits per heavy atom. The van der Waals surface area contributed by atoms with E-state index in [4.69, 9.17) is 6.11 Å². The van der Waals surface area contributed by atoms with Crippen LogP contribution in [-0.2, 0) is 0 Å². The Balaban J connectivity index is 1.88. The second-order valence-corrected chi connectivity index (χ2v) is 5.12. The molecule has 1 nitrogen and oxygen atoms in total. The molecule has 0 atom stereocenters. The van der Waals surface area contributed by atoms with Crippen LogP contribution in [0.4, 0.5) is 0 Å². The van der Waals surface area contributed by atoms with E-state index in [1.807, 2.05) is 6.07 Å². The van der Waals surface area contributed by atoms with E-state index in [1.54, 1.807) is 12.1 Å². The van der Waals surface area contributed by atoms with Crippen molar-refractivity contribution in [1.29, 1.82) is 0 Å². The van der Waals surface area contributed by atoms with Crippen molar-refractivity contribution in [2.45, 2.75) is 32.1 Å². The van der Waals surface area contributed by atoms with Crippen LogP contribution in [0.1, 0.15) is 33.5 Å². The number of ether oxygens (including phenoxy) is 1.